The number of aliphatic hydroxyl groups excluding tert-OH is 1. The van der Waals surface area contributed by atoms with Crippen LogP contribution in [0.3, 0.4) is 0 Å². The minimum absolute atomic E-state index is 0.0809. The van der Waals surface area contributed by atoms with Crippen LogP contribution in [0.25, 0.3) is 0 Å². The van der Waals surface area contributed by atoms with E-state index in [1.165, 1.54) is 0 Å². The van der Waals surface area contributed by atoms with Gasteiger partial charge in [-0.15, -0.1) is 0 Å². The van der Waals surface area contributed by atoms with Gasteiger partial charge in [-0.1, -0.05) is 30.3 Å². The fourth-order valence-corrected chi connectivity index (χ4v) is 1.13. The second-order valence-corrected chi connectivity index (χ2v) is 2.58. The Bertz CT molecular complexity index is 279. The summed E-state index contributed by atoms with van der Waals surface area (Å²) in [5.74, 6) is 0. The number of nitrogens with zero attached hydrogens (tertiary/aromatic N) is 1. The lowest BCUT2D eigenvalue weighted by Gasteiger charge is -1.91. The molecule has 0 saturated heterocycles. The average molecular weight is 147 g/mol. The van der Waals surface area contributed by atoms with Crippen LogP contribution < -0.4 is 0 Å². The van der Waals surface area contributed by atoms with Crippen LogP contribution in [-0.4, -0.2) is 23.5 Å². The third-order valence-corrected chi connectivity index (χ3v) is 1.79. The maximum atomic E-state index is 8.72. The Morgan fingerprint density at radius 2 is 2.00 bits per heavy atom. The second kappa shape index (κ2) is 2.47. The van der Waals surface area contributed by atoms with Crippen molar-refractivity contribution in [2.75, 3.05) is 6.61 Å². The molecule has 0 saturated carbocycles. The van der Waals surface area contributed by atoms with Crippen LogP contribution in [0.4, 0.5) is 0 Å². The van der Waals surface area contributed by atoms with E-state index in [4.69, 9.17) is 5.11 Å². The molecule has 2 heteroatoms. The predicted octanol–water partition coefficient (Wildman–Crippen LogP) is 0.850. The Kier molecular flexibility index (Phi) is 1.47. The van der Waals surface area contributed by atoms with Crippen molar-refractivity contribution in [1.29, 1.82) is 0 Å². The normalized spacial score (nSPS) is 21.2. The van der Waals surface area contributed by atoms with Crippen LogP contribution in [0.15, 0.2) is 35.3 Å². The summed E-state index contributed by atoms with van der Waals surface area (Å²) in [6.45, 7) is 0.143. The van der Waals surface area contributed by atoms with E-state index in [0.717, 1.165) is 11.3 Å². The molecule has 11 heavy (non-hydrogen) atoms. The second-order valence-electron chi connectivity index (χ2n) is 2.58. The van der Waals surface area contributed by atoms with Crippen molar-refractivity contribution in [3.05, 3.63) is 35.9 Å². The first-order valence-corrected chi connectivity index (χ1v) is 3.66. The van der Waals surface area contributed by atoms with Gasteiger partial charge in [-0.3, -0.25) is 4.99 Å². The lowest BCUT2D eigenvalue weighted by Crippen LogP contribution is -2.03. The molecule has 1 heterocycles. The van der Waals surface area contributed by atoms with E-state index in [1.54, 1.807) is 0 Å². The van der Waals surface area contributed by atoms with Gasteiger partial charge in [0.2, 0.25) is 0 Å². The van der Waals surface area contributed by atoms with Gasteiger partial charge in [0.05, 0.1) is 12.3 Å². The molecule has 0 unspecified atom stereocenters. The number of hydrogen-bond donors (Lipinski definition) is 1. The summed E-state index contributed by atoms with van der Waals surface area (Å²) < 4.78 is 0. The van der Waals surface area contributed by atoms with Crippen LogP contribution in [0.1, 0.15) is 5.56 Å². The van der Waals surface area contributed by atoms with Crippen LogP contribution in [0, 0.1) is 0 Å². The van der Waals surface area contributed by atoms with Gasteiger partial charge < -0.3 is 5.11 Å². The first-order valence-electron chi connectivity index (χ1n) is 3.66. The quantitative estimate of drug-likeness (QED) is 0.660. The predicted molar refractivity (Wildman–Crippen MR) is 43.9 cm³/mol. The zero-order valence-corrected chi connectivity index (χ0v) is 6.07. The van der Waals surface area contributed by atoms with E-state index in [-0.39, 0.29) is 12.6 Å². The number of aliphatic hydroxyl groups is 1. The summed E-state index contributed by atoms with van der Waals surface area (Å²) in [6, 6.07) is 10.0. The van der Waals surface area contributed by atoms with Gasteiger partial charge in [0.25, 0.3) is 0 Å². The van der Waals surface area contributed by atoms with Crippen LogP contribution in [0.2, 0.25) is 0 Å². The van der Waals surface area contributed by atoms with E-state index in [2.05, 4.69) is 4.99 Å². The minimum atomic E-state index is 0.0809. The smallest absolute Gasteiger partial charge is 0.116 e. The van der Waals surface area contributed by atoms with Gasteiger partial charge in [-0.25, -0.2) is 0 Å². The molecule has 1 atom stereocenters. The van der Waals surface area contributed by atoms with Gasteiger partial charge in [0.1, 0.15) is 6.04 Å². The Morgan fingerprint density at radius 1 is 1.27 bits per heavy atom. The Labute approximate surface area is 65.2 Å². The number of benzene rings is 1. The molecule has 1 aliphatic rings. The van der Waals surface area contributed by atoms with Gasteiger partial charge >= 0.3 is 0 Å². The highest BCUT2D eigenvalue weighted by molar-refractivity contribution is 6.13. The third-order valence-electron chi connectivity index (χ3n) is 1.79. The number of aliphatic imine (C=N–C) groups is 1. The largest absolute Gasteiger partial charge is 0.394 e. The van der Waals surface area contributed by atoms with Crippen molar-refractivity contribution < 1.29 is 5.11 Å². The van der Waals surface area contributed by atoms with Gasteiger partial charge in [0.15, 0.2) is 0 Å². The first kappa shape index (κ1) is 6.55. The molecule has 0 aliphatic carbocycles. The van der Waals surface area contributed by atoms with Crippen molar-refractivity contribution in [3.63, 3.8) is 0 Å². The highest BCUT2D eigenvalue weighted by atomic mass is 16.3. The molecule has 0 aromatic heterocycles. The maximum Gasteiger partial charge on any atom is 0.116 e. The lowest BCUT2D eigenvalue weighted by molar-refractivity contribution is 0.301. The summed E-state index contributed by atoms with van der Waals surface area (Å²) >= 11 is 0. The molecule has 1 aromatic rings. The fourth-order valence-electron chi connectivity index (χ4n) is 1.13. The van der Waals surface area contributed by atoms with Crippen molar-refractivity contribution in [3.8, 4) is 0 Å². The summed E-state index contributed by atoms with van der Waals surface area (Å²) in [5.41, 5.74) is 2.17. The SMILES string of the molecule is OC[C@@H]1N=C1c1ccccc1. The van der Waals surface area contributed by atoms with Gasteiger partial charge in [-0.2, -0.15) is 0 Å². The molecule has 0 bridgehead atoms. The molecule has 56 valence electrons. The first-order chi connectivity index (χ1) is 5.42. The molecule has 0 fully saturated rings. The Balaban J connectivity index is 2.15. The summed E-state index contributed by atoms with van der Waals surface area (Å²) in [6.07, 6.45) is 0. The molecular weight excluding hydrogens is 138 g/mol. The van der Waals surface area contributed by atoms with E-state index in [1.807, 2.05) is 30.3 Å². The average Bonchev–Trinajstić information content (AvgIpc) is 2.85. The molecule has 0 radical (unpaired) electrons. The van der Waals surface area contributed by atoms with Crippen LogP contribution >= 0.6 is 0 Å². The third kappa shape index (κ3) is 1.17. The summed E-state index contributed by atoms with van der Waals surface area (Å²) in [5, 5.41) is 8.72. The molecule has 2 rings (SSSR count). The molecule has 2 nitrogen and oxygen atoms in total. The molecule has 0 spiro atoms. The van der Waals surface area contributed by atoms with Crippen molar-refractivity contribution in [1.82, 2.24) is 0 Å². The molecule has 0 amide bonds. The maximum absolute atomic E-state index is 8.72. The zero-order chi connectivity index (χ0) is 7.68. The van der Waals surface area contributed by atoms with Gasteiger partial charge in [-0.05, 0) is 5.56 Å². The monoisotopic (exact) mass is 147 g/mol. The number of hydrogen-bond acceptors (Lipinski definition) is 2. The van der Waals surface area contributed by atoms with Crippen LogP contribution in [-0.2, 0) is 0 Å². The van der Waals surface area contributed by atoms with E-state index < -0.39 is 0 Å². The highest BCUT2D eigenvalue weighted by Gasteiger charge is 2.27. The Hall–Kier alpha value is -1.15. The molecule has 1 aliphatic heterocycles. The topological polar surface area (TPSA) is 32.6 Å². The zero-order valence-electron chi connectivity index (χ0n) is 6.07. The van der Waals surface area contributed by atoms with E-state index >= 15 is 0 Å². The van der Waals surface area contributed by atoms with E-state index in [9.17, 15) is 0 Å². The van der Waals surface area contributed by atoms with E-state index in [0.29, 0.717) is 0 Å². The number of rotatable bonds is 2. The highest BCUT2D eigenvalue weighted by Crippen LogP contribution is 2.18. The standard InChI is InChI=1S/C9H9NO/c11-6-8-9(10-8)7-4-2-1-3-5-7/h1-5,8,11H,6H2/t8-/m0/s1. The van der Waals surface area contributed by atoms with Crippen molar-refractivity contribution in [2.45, 2.75) is 6.04 Å². The lowest BCUT2D eigenvalue weighted by atomic mass is 10.1. The summed E-state index contributed by atoms with van der Waals surface area (Å²) in [7, 11) is 0. The van der Waals surface area contributed by atoms with Crippen LogP contribution in [0.5, 0.6) is 0 Å². The molecule has 1 aromatic carbocycles. The Morgan fingerprint density at radius 3 is 2.55 bits per heavy atom. The van der Waals surface area contributed by atoms with Crippen molar-refractivity contribution >= 4 is 5.71 Å². The van der Waals surface area contributed by atoms with Gasteiger partial charge in [0, 0.05) is 0 Å². The molecule has 1 N–H and O–H groups in total. The van der Waals surface area contributed by atoms with Crippen molar-refractivity contribution in [2.24, 2.45) is 4.99 Å². The summed E-state index contributed by atoms with van der Waals surface area (Å²) in [4.78, 5) is 4.11. The minimum Gasteiger partial charge on any atom is -0.394 e. The molecular formula is C9H9NO. The fraction of sp³-hybridized carbons (Fsp3) is 0.222.